The number of carboxylic acids is 1. The van der Waals surface area contributed by atoms with Crippen LogP contribution in [0.25, 0.3) is 0 Å². The minimum absolute atomic E-state index is 0.0935. The maximum absolute atomic E-state index is 11.5. The van der Waals surface area contributed by atoms with Crippen LogP contribution in [-0.4, -0.2) is 42.1 Å². The SMILES string of the molecule is CCNC(=O)C(C)NC(=O)NCC1(C(=O)O)CC1. The van der Waals surface area contributed by atoms with Crippen molar-refractivity contribution in [3.05, 3.63) is 0 Å². The van der Waals surface area contributed by atoms with Gasteiger partial charge in [-0.2, -0.15) is 0 Å². The Morgan fingerprint density at radius 3 is 2.33 bits per heavy atom. The molecular formula is C11H19N3O4. The van der Waals surface area contributed by atoms with Gasteiger partial charge in [0.15, 0.2) is 0 Å². The summed E-state index contributed by atoms with van der Waals surface area (Å²) in [5, 5.41) is 16.4. The van der Waals surface area contributed by atoms with Crippen molar-refractivity contribution in [1.29, 1.82) is 0 Å². The lowest BCUT2D eigenvalue weighted by molar-refractivity contribution is -0.143. The Morgan fingerprint density at radius 1 is 1.28 bits per heavy atom. The predicted molar refractivity (Wildman–Crippen MR) is 64.0 cm³/mol. The summed E-state index contributed by atoms with van der Waals surface area (Å²) in [7, 11) is 0. The van der Waals surface area contributed by atoms with Gasteiger partial charge in [-0.3, -0.25) is 9.59 Å². The molecule has 4 N–H and O–H groups in total. The highest BCUT2D eigenvalue weighted by atomic mass is 16.4. The predicted octanol–water partition coefficient (Wildman–Crippen LogP) is -0.325. The molecule has 0 bridgehead atoms. The smallest absolute Gasteiger partial charge is 0.315 e. The number of aliphatic carboxylic acids is 1. The molecule has 1 rings (SSSR count). The van der Waals surface area contributed by atoms with Crippen LogP contribution in [0.5, 0.6) is 0 Å². The molecule has 0 aromatic carbocycles. The van der Waals surface area contributed by atoms with Gasteiger partial charge in [0, 0.05) is 13.1 Å². The van der Waals surface area contributed by atoms with E-state index in [-0.39, 0.29) is 12.5 Å². The lowest BCUT2D eigenvalue weighted by Crippen LogP contribution is -2.49. The van der Waals surface area contributed by atoms with Crippen molar-refractivity contribution >= 4 is 17.9 Å². The second kappa shape index (κ2) is 5.70. The van der Waals surface area contributed by atoms with Gasteiger partial charge >= 0.3 is 12.0 Å². The Bertz CT molecular complexity index is 352. The van der Waals surface area contributed by atoms with Crippen molar-refractivity contribution in [2.75, 3.05) is 13.1 Å². The molecule has 18 heavy (non-hydrogen) atoms. The van der Waals surface area contributed by atoms with E-state index in [1.54, 1.807) is 13.8 Å². The number of hydrogen-bond donors (Lipinski definition) is 4. The van der Waals surface area contributed by atoms with Crippen LogP contribution in [0.3, 0.4) is 0 Å². The van der Waals surface area contributed by atoms with Gasteiger partial charge in [-0.25, -0.2) is 4.79 Å². The van der Waals surface area contributed by atoms with Crippen LogP contribution in [0.2, 0.25) is 0 Å². The first-order valence-electron chi connectivity index (χ1n) is 5.97. The summed E-state index contributed by atoms with van der Waals surface area (Å²) in [6.07, 6.45) is 1.16. The fraction of sp³-hybridized carbons (Fsp3) is 0.727. The Morgan fingerprint density at radius 2 is 1.89 bits per heavy atom. The largest absolute Gasteiger partial charge is 0.481 e. The van der Waals surface area contributed by atoms with Crippen molar-refractivity contribution in [2.45, 2.75) is 32.7 Å². The molecule has 1 saturated carbocycles. The third-order valence-electron chi connectivity index (χ3n) is 2.99. The number of carboxylic acid groups (broad SMARTS) is 1. The van der Waals surface area contributed by atoms with E-state index < -0.39 is 23.5 Å². The molecular weight excluding hydrogens is 238 g/mol. The second-order valence-corrected chi connectivity index (χ2v) is 4.53. The van der Waals surface area contributed by atoms with E-state index in [9.17, 15) is 14.4 Å². The maximum atomic E-state index is 11.5. The number of hydrogen-bond acceptors (Lipinski definition) is 3. The summed E-state index contributed by atoms with van der Waals surface area (Å²) < 4.78 is 0. The molecule has 0 aromatic rings. The van der Waals surface area contributed by atoms with Gasteiger partial charge in [0.1, 0.15) is 6.04 Å². The van der Waals surface area contributed by atoms with Crippen LogP contribution in [0.15, 0.2) is 0 Å². The summed E-state index contributed by atoms with van der Waals surface area (Å²) in [6.45, 7) is 3.94. The van der Waals surface area contributed by atoms with E-state index in [2.05, 4.69) is 16.0 Å². The minimum Gasteiger partial charge on any atom is -0.481 e. The molecule has 1 atom stereocenters. The molecule has 1 fully saturated rings. The monoisotopic (exact) mass is 257 g/mol. The highest BCUT2D eigenvalue weighted by molar-refractivity contribution is 5.87. The van der Waals surface area contributed by atoms with E-state index in [4.69, 9.17) is 5.11 Å². The van der Waals surface area contributed by atoms with Gasteiger partial charge in [-0.1, -0.05) is 0 Å². The lowest BCUT2D eigenvalue weighted by atomic mass is 10.1. The number of carbonyl (C=O) groups is 3. The highest BCUT2D eigenvalue weighted by Crippen LogP contribution is 2.45. The van der Waals surface area contributed by atoms with Gasteiger partial charge in [0.05, 0.1) is 5.41 Å². The number of amides is 3. The first-order chi connectivity index (χ1) is 8.41. The molecule has 7 nitrogen and oxygen atoms in total. The quantitative estimate of drug-likeness (QED) is 0.522. The van der Waals surface area contributed by atoms with E-state index in [1.807, 2.05) is 0 Å². The lowest BCUT2D eigenvalue weighted by Gasteiger charge is -2.15. The van der Waals surface area contributed by atoms with Crippen LogP contribution in [-0.2, 0) is 9.59 Å². The zero-order valence-corrected chi connectivity index (χ0v) is 10.6. The van der Waals surface area contributed by atoms with E-state index in [0.717, 1.165) is 0 Å². The molecule has 3 amide bonds. The normalized spacial score (nSPS) is 17.4. The van der Waals surface area contributed by atoms with Crippen molar-refractivity contribution in [1.82, 2.24) is 16.0 Å². The van der Waals surface area contributed by atoms with Crippen LogP contribution < -0.4 is 16.0 Å². The molecule has 0 spiro atoms. The fourth-order valence-electron chi connectivity index (χ4n) is 1.51. The molecule has 102 valence electrons. The average Bonchev–Trinajstić information content (AvgIpc) is 3.07. The third kappa shape index (κ3) is 3.61. The molecule has 0 aromatic heterocycles. The van der Waals surface area contributed by atoms with Crippen molar-refractivity contribution in [3.63, 3.8) is 0 Å². The Balaban J connectivity index is 2.30. The standard InChI is InChI=1S/C11H19N3O4/c1-3-12-8(15)7(2)14-10(18)13-6-11(4-5-11)9(16)17/h7H,3-6H2,1-2H3,(H,12,15)(H,16,17)(H2,13,14,18). The summed E-state index contributed by atoms with van der Waals surface area (Å²) in [5.41, 5.74) is -0.799. The molecule has 0 heterocycles. The summed E-state index contributed by atoms with van der Waals surface area (Å²) in [5.74, 6) is -1.16. The fourth-order valence-corrected chi connectivity index (χ4v) is 1.51. The van der Waals surface area contributed by atoms with Gasteiger partial charge in [0.25, 0.3) is 0 Å². The van der Waals surface area contributed by atoms with Gasteiger partial charge in [-0.15, -0.1) is 0 Å². The summed E-state index contributed by atoms with van der Waals surface area (Å²) >= 11 is 0. The molecule has 1 aliphatic carbocycles. The third-order valence-corrected chi connectivity index (χ3v) is 2.99. The first kappa shape index (κ1) is 14.3. The zero-order chi connectivity index (χ0) is 13.8. The van der Waals surface area contributed by atoms with Crippen LogP contribution in [0, 0.1) is 5.41 Å². The maximum Gasteiger partial charge on any atom is 0.315 e. The molecule has 1 unspecified atom stereocenters. The van der Waals surface area contributed by atoms with E-state index >= 15 is 0 Å². The number of carbonyl (C=O) groups excluding carboxylic acids is 2. The molecule has 0 aliphatic heterocycles. The van der Waals surface area contributed by atoms with E-state index in [0.29, 0.717) is 19.4 Å². The summed E-state index contributed by atoms with van der Waals surface area (Å²) in [6, 6.07) is -1.17. The van der Waals surface area contributed by atoms with Crippen molar-refractivity contribution < 1.29 is 19.5 Å². The Labute approximate surface area is 105 Å². The van der Waals surface area contributed by atoms with Crippen LogP contribution in [0.1, 0.15) is 26.7 Å². The second-order valence-electron chi connectivity index (χ2n) is 4.53. The summed E-state index contributed by atoms with van der Waals surface area (Å²) in [4.78, 5) is 33.7. The van der Waals surface area contributed by atoms with Gasteiger partial charge < -0.3 is 21.1 Å². The zero-order valence-electron chi connectivity index (χ0n) is 10.6. The topological polar surface area (TPSA) is 108 Å². The van der Waals surface area contributed by atoms with Crippen molar-refractivity contribution in [3.8, 4) is 0 Å². The van der Waals surface area contributed by atoms with Gasteiger partial charge in [0.2, 0.25) is 5.91 Å². The minimum atomic E-state index is -0.889. The number of nitrogens with one attached hydrogen (secondary N) is 3. The molecule has 1 aliphatic rings. The highest BCUT2D eigenvalue weighted by Gasteiger charge is 2.50. The average molecular weight is 257 g/mol. The Hall–Kier alpha value is -1.79. The molecule has 0 radical (unpaired) electrons. The van der Waals surface area contributed by atoms with Crippen molar-refractivity contribution in [2.24, 2.45) is 5.41 Å². The Kier molecular flexibility index (Phi) is 4.52. The molecule has 7 heteroatoms. The number of urea groups is 1. The number of rotatable bonds is 6. The first-order valence-corrected chi connectivity index (χ1v) is 5.97. The van der Waals surface area contributed by atoms with Gasteiger partial charge in [-0.05, 0) is 26.7 Å². The van der Waals surface area contributed by atoms with E-state index in [1.165, 1.54) is 0 Å². The van der Waals surface area contributed by atoms with Crippen LogP contribution >= 0.6 is 0 Å². The molecule has 0 saturated heterocycles. The number of likely N-dealkylation sites (N-methyl/N-ethyl adjacent to an activating group) is 1. The van der Waals surface area contributed by atoms with Crippen LogP contribution in [0.4, 0.5) is 4.79 Å².